The molecule has 4 rings (SSSR count). The van der Waals surface area contributed by atoms with E-state index in [4.69, 9.17) is 4.74 Å². The molecule has 1 atom stereocenters. The van der Waals surface area contributed by atoms with Gasteiger partial charge < -0.3 is 20.1 Å². The Kier molecular flexibility index (Phi) is 9.31. The highest BCUT2D eigenvalue weighted by Crippen LogP contribution is 2.36. The van der Waals surface area contributed by atoms with Crippen molar-refractivity contribution in [3.8, 4) is 11.5 Å². The third-order valence-corrected chi connectivity index (χ3v) is 8.10. The second kappa shape index (κ2) is 12.7. The van der Waals surface area contributed by atoms with Crippen LogP contribution in [0.5, 0.6) is 11.5 Å². The fourth-order valence-electron chi connectivity index (χ4n) is 5.60. The molecule has 2 heterocycles. The van der Waals surface area contributed by atoms with Gasteiger partial charge in [0.15, 0.2) is 0 Å². The highest BCUT2D eigenvalue weighted by molar-refractivity contribution is 5.99. The van der Waals surface area contributed by atoms with Gasteiger partial charge in [-0.3, -0.25) is 14.5 Å². The number of unbranched alkanes of at least 4 members (excludes halogenated alkanes) is 2. The van der Waals surface area contributed by atoms with Crippen molar-refractivity contribution in [1.29, 1.82) is 0 Å². The number of aryl methyl sites for hydroxylation is 1. The number of benzene rings is 2. The molecule has 2 aromatic rings. The summed E-state index contributed by atoms with van der Waals surface area (Å²) >= 11 is 0. The molecular formula is C31H43N3O4. The highest BCUT2D eigenvalue weighted by atomic mass is 16.5. The summed E-state index contributed by atoms with van der Waals surface area (Å²) in [7, 11) is 0. The van der Waals surface area contributed by atoms with Crippen molar-refractivity contribution in [3.05, 3.63) is 52.1 Å². The van der Waals surface area contributed by atoms with Crippen LogP contribution in [0.15, 0.2) is 24.3 Å². The minimum Gasteiger partial charge on any atom is -0.507 e. The predicted octanol–water partition coefficient (Wildman–Crippen LogP) is 5.44. The Morgan fingerprint density at radius 1 is 1.05 bits per heavy atom. The zero-order valence-corrected chi connectivity index (χ0v) is 23.4. The van der Waals surface area contributed by atoms with E-state index in [1.807, 2.05) is 39.0 Å². The maximum atomic E-state index is 13.9. The molecule has 7 nitrogen and oxygen atoms in total. The zero-order chi connectivity index (χ0) is 27.2. The van der Waals surface area contributed by atoms with Gasteiger partial charge in [0.1, 0.15) is 24.1 Å². The van der Waals surface area contributed by atoms with E-state index in [2.05, 4.69) is 17.1 Å². The third-order valence-electron chi connectivity index (χ3n) is 8.10. The number of likely N-dealkylation sites (tertiary alicyclic amines) is 1. The molecule has 2 amide bonds. The van der Waals surface area contributed by atoms with Gasteiger partial charge in [0, 0.05) is 25.2 Å². The van der Waals surface area contributed by atoms with E-state index in [-0.39, 0.29) is 17.6 Å². The summed E-state index contributed by atoms with van der Waals surface area (Å²) in [6.07, 6.45) is 6.50. The van der Waals surface area contributed by atoms with E-state index in [0.29, 0.717) is 37.2 Å². The molecule has 7 heteroatoms. The van der Waals surface area contributed by atoms with Crippen molar-refractivity contribution in [3.63, 3.8) is 0 Å². The van der Waals surface area contributed by atoms with Crippen LogP contribution in [0, 0.1) is 20.8 Å². The van der Waals surface area contributed by atoms with Crippen molar-refractivity contribution >= 4 is 17.5 Å². The highest BCUT2D eigenvalue weighted by Gasteiger charge is 2.36. The number of nitrogens with zero attached hydrogens (tertiary/aromatic N) is 2. The van der Waals surface area contributed by atoms with Gasteiger partial charge in [0.05, 0.1) is 0 Å². The first-order valence-electron chi connectivity index (χ1n) is 14.2. The lowest BCUT2D eigenvalue weighted by Gasteiger charge is -2.37. The van der Waals surface area contributed by atoms with Crippen LogP contribution in [0.1, 0.15) is 79.3 Å². The smallest absolute Gasteiger partial charge is 0.251 e. The topological polar surface area (TPSA) is 82.1 Å². The number of hydrogen-bond acceptors (Lipinski definition) is 5. The number of amides is 2. The first kappa shape index (κ1) is 28.0. The lowest BCUT2D eigenvalue weighted by atomic mass is 9.91. The van der Waals surface area contributed by atoms with Gasteiger partial charge in [-0.25, -0.2) is 0 Å². The number of phenols is 1. The van der Waals surface area contributed by atoms with E-state index in [9.17, 15) is 14.7 Å². The number of fused-ring (bicyclic) bond motifs is 1. The van der Waals surface area contributed by atoms with E-state index >= 15 is 0 Å². The number of aromatic hydroxyl groups is 1. The first-order chi connectivity index (χ1) is 18.3. The average Bonchev–Trinajstić information content (AvgIpc) is 3.43. The van der Waals surface area contributed by atoms with Crippen molar-refractivity contribution < 1.29 is 19.4 Å². The number of carbonyl (C=O) groups excluding carboxylic acids is 2. The quantitative estimate of drug-likeness (QED) is 0.322. The summed E-state index contributed by atoms with van der Waals surface area (Å²) < 4.78 is 6.11. The van der Waals surface area contributed by atoms with Gasteiger partial charge in [0.2, 0.25) is 5.91 Å². The van der Waals surface area contributed by atoms with Gasteiger partial charge in [-0.15, -0.1) is 0 Å². The van der Waals surface area contributed by atoms with Crippen LogP contribution in [0.2, 0.25) is 0 Å². The Labute approximate surface area is 227 Å². The monoisotopic (exact) mass is 521 g/mol. The third kappa shape index (κ3) is 6.32. The molecule has 1 fully saturated rings. The summed E-state index contributed by atoms with van der Waals surface area (Å²) in [5, 5.41) is 13.4. The SMILES string of the molecule is CCCCCC(=O)N1CCc2ccc(OCCN3CCCC3)cc2C1C(=O)Nc1cc(C)c(O)c(C)c1C. The van der Waals surface area contributed by atoms with Crippen LogP contribution in [0.25, 0.3) is 0 Å². The molecule has 0 radical (unpaired) electrons. The van der Waals surface area contributed by atoms with Gasteiger partial charge in [0.25, 0.3) is 5.91 Å². The average molecular weight is 522 g/mol. The lowest BCUT2D eigenvalue weighted by molar-refractivity contribution is -0.139. The second-order valence-electron chi connectivity index (χ2n) is 10.8. The van der Waals surface area contributed by atoms with Gasteiger partial charge in [-0.2, -0.15) is 0 Å². The number of phenolic OH excluding ortho intramolecular Hbond substituents is 1. The van der Waals surface area contributed by atoms with Crippen LogP contribution >= 0.6 is 0 Å². The molecule has 0 aliphatic carbocycles. The molecule has 0 spiro atoms. The van der Waals surface area contributed by atoms with E-state index in [1.54, 1.807) is 11.0 Å². The second-order valence-corrected chi connectivity index (χ2v) is 10.8. The summed E-state index contributed by atoms with van der Waals surface area (Å²) in [6.45, 7) is 11.9. The van der Waals surface area contributed by atoms with E-state index < -0.39 is 6.04 Å². The predicted molar refractivity (Wildman–Crippen MR) is 151 cm³/mol. The van der Waals surface area contributed by atoms with Crippen LogP contribution < -0.4 is 10.1 Å². The molecule has 0 saturated carbocycles. The van der Waals surface area contributed by atoms with Crippen LogP contribution in [0.4, 0.5) is 5.69 Å². The fourth-order valence-corrected chi connectivity index (χ4v) is 5.60. The lowest BCUT2D eigenvalue weighted by Crippen LogP contribution is -2.45. The summed E-state index contributed by atoms with van der Waals surface area (Å²) in [5.74, 6) is 0.747. The van der Waals surface area contributed by atoms with Crippen LogP contribution in [-0.2, 0) is 16.0 Å². The summed E-state index contributed by atoms with van der Waals surface area (Å²) in [4.78, 5) is 31.4. The molecule has 2 N–H and O–H groups in total. The summed E-state index contributed by atoms with van der Waals surface area (Å²) in [5.41, 5.74) is 4.83. The van der Waals surface area contributed by atoms with Gasteiger partial charge >= 0.3 is 0 Å². The maximum Gasteiger partial charge on any atom is 0.251 e. The number of nitrogens with one attached hydrogen (secondary N) is 1. The van der Waals surface area contributed by atoms with E-state index in [1.165, 1.54) is 12.8 Å². The molecule has 38 heavy (non-hydrogen) atoms. The normalized spacial score (nSPS) is 17.4. The molecule has 2 aliphatic rings. The standard InChI is InChI=1S/C31H43N3O4/c1-5-6-7-10-28(35)34-16-13-24-11-12-25(38-18-17-33-14-8-9-15-33)20-26(24)29(34)31(37)32-27-19-21(2)30(36)23(4)22(27)3/h11-12,19-20,29,36H,5-10,13-18H2,1-4H3,(H,32,37). The zero-order valence-electron chi connectivity index (χ0n) is 23.4. The molecule has 206 valence electrons. The number of rotatable bonds is 10. The molecule has 2 aromatic carbocycles. The minimum absolute atomic E-state index is 0.0133. The van der Waals surface area contributed by atoms with E-state index in [0.717, 1.165) is 66.9 Å². The molecule has 0 bridgehead atoms. The first-order valence-corrected chi connectivity index (χ1v) is 14.2. The van der Waals surface area contributed by atoms with Gasteiger partial charge in [-0.05, 0) is 106 Å². The van der Waals surface area contributed by atoms with Crippen molar-refractivity contribution in [2.75, 3.05) is 38.1 Å². The number of hydrogen-bond donors (Lipinski definition) is 2. The molecular weight excluding hydrogens is 478 g/mol. The Morgan fingerprint density at radius 2 is 1.82 bits per heavy atom. The van der Waals surface area contributed by atoms with Gasteiger partial charge in [-0.1, -0.05) is 25.8 Å². The molecule has 0 aromatic heterocycles. The Balaban J connectivity index is 1.60. The number of anilines is 1. The van der Waals surface area contributed by atoms with Crippen molar-refractivity contribution in [1.82, 2.24) is 9.80 Å². The Morgan fingerprint density at radius 3 is 2.55 bits per heavy atom. The molecule has 1 unspecified atom stereocenters. The Hall–Kier alpha value is -3.06. The Bertz CT molecular complexity index is 1160. The number of carbonyl (C=O) groups is 2. The summed E-state index contributed by atoms with van der Waals surface area (Å²) in [6, 6.07) is 7.04. The minimum atomic E-state index is -0.733. The number of ether oxygens (including phenoxy) is 1. The molecule has 1 saturated heterocycles. The fraction of sp³-hybridized carbons (Fsp3) is 0.548. The van der Waals surface area contributed by atoms with Crippen molar-refractivity contribution in [2.24, 2.45) is 0 Å². The largest absolute Gasteiger partial charge is 0.507 e. The maximum absolute atomic E-state index is 13.9. The molecule has 2 aliphatic heterocycles. The van der Waals surface area contributed by atoms with Crippen molar-refractivity contribution in [2.45, 2.75) is 78.7 Å². The van der Waals surface area contributed by atoms with Crippen LogP contribution in [-0.4, -0.2) is 59.5 Å². The van der Waals surface area contributed by atoms with Crippen LogP contribution in [0.3, 0.4) is 0 Å².